The van der Waals surface area contributed by atoms with Crippen LogP contribution in [0.5, 0.6) is 0 Å². The van der Waals surface area contributed by atoms with Crippen LogP contribution in [0.3, 0.4) is 0 Å². The average molecular weight is 330 g/mol. The van der Waals surface area contributed by atoms with Gasteiger partial charge in [0.25, 0.3) is 0 Å². The standard InChI is InChI=1S/C13H22N4O4S/c1-4-11(13(18)14-12-9-10(2)21-15-12)16-5-7-17(8-6-16)22(3,19)20/h9,11H,4-8H2,1-3H3,(H,14,15,18). The number of sulfonamides is 1. The van der Waals surface area contributed by atoms with Gasteiger partial charge in [0.2, 0.25) is 15.9 Å². The molecule has 9 heteroatoms. The topological polar surface area (TPSA) is 95.8 Å². The highest BCUT2D eigenvalue weighted by Gasteiger charge is 2.30. The number of aromatic nitrogens is 1. The zero-order valence-electron chi connectivity index (χ0n) is 13.1. The van der Waals surface area contributed by atoms with E-state index in [-0.39, 0.29) is 11.9 Å². The Labute approximate surface area is 130 Å². The second kappa shape index (κ2) is 6.76. The molecule has 1 aromatic rings. The minimum Gasteiger partial charge on any atom is -0.360 e. The summed E-state index contributed by atoms with van der Waals surface area (Å²) in [7, 11) is -3.16. The molecule has 1 unspecified atom stereocenters. The largest absolute Gasteiger partial charge is 0.360 e. The zero-order valence-corrected chi connectivity index (χ0v) is 13.9. The van der Waals surface area contributed by atoms with Gasteiger partial charge in [0, 0.05) is 32.2 Å². The summed E-state index contributed by atoms with van der Waals surface area (Å²) in [6.45, 7) is 5.58. The van der Waals surface area contributed by atoms with E-state index in [1.807, 2.05) is 11.8 Å². The Balaban J connectivity index is 1.96. The molecular formula is C13H22N4O4S. The van der Waals surface area contributed by atoms with Crippen LogP contribution in [0.2, 0.25) is 0 Å². The Bertz CT molecular complexity index is 620. The highest BCUT2D eigenvalue weighted by molar-refractivity contribution is 7.88. The summed E-state index contributed by atoms with van der Waals surface area (Å²) >= 11 is 0. The number of anilines is 1. The molecule has 2 heterocycles. The fraction of sp³-hybridized carbons (Fsp3) is 0.692. The molecule has 1 fully saturated rings. The third kappa shape index (κ3) is 4.05. The smallest absolute Gasteiger partial charge is 0.242 e. The minimum atomic E-state index is -3.16. The molecule has 0 saturated carbocycles. The lowest BCUT2D eigenvalue weighted by atomic mass is 10.1. The number of piperazine rings is 1. The van der Waals surface area contributed by atoms with Crippen LogP contribution in [0.1, 0.15) is 19.1 Å². The Hall–Kier alpha value is -1.45. The summed E-state index contributed by atoms with van der Waals surface area (Å²) in [4.78, 5) is 14.4. The van der Waals surface area contributed by atoms with Gasteiger partial charge in [-0.05, 0) is 13.3 Å². The maximum Gasteiger partial charge on any atom is 0.242 e. The Morgan fingerprint density at radius 3 is 2.50 bits per heavy atom. The van der Waals surface area contributed by atoms with Crippen LogP contribution >= 0.6 is 0 Å². The summed E-state index contributed by atoms with van der Waals surface area (Å²) in [5.74, 6) is 0.879. The van der Waals surface area contributed by atoms with E-state index in [2.05, 4.69) is 10.5 Å². The van der Waals surface area contributed by atoms with Crippen LogP contribution < -0.4 is 5.32 Å². The van der Waals surface area contributed by atoms with Crippen molar-refractivity contribution in [2.45, 2.75) is 26.3 Å². The van der Waals surface area contributed by atoms with Crippen LogP contribution in [-0.4, -0.2) is 67.2 Å². The maximum atomic E-state index is 12.4. The highest BCUT2D eigenvalue weighted by Crippen LogP contribution is 2.14. The second-order valence-electron chi connectivity index (χ2n) is 5.43. The van der Waals surface area contributed by atoms with E-state index in [4.69, 9.17) is 4.52 Å². The van der Waals surface area contributed by atoms with Gasteiger partial charge in [0.05, 0.1) is 12.3 Å². The van der Waals surface area contributed by atoms with Crippen LogP contribution in [0.25, 0.3) is 0 Å². The number of carbonyl (C=O) groups excluding carboxylic acids is 1. The second-order valence-corrected chi connectivity index (χ2v) is 7.42. The molecule has 1 aromatic heterocycles. The summed E-state index contributed by atoms with van der Waals surface area (Å²) in [6.07, 6.45) is 1.85. The van der Waals surface area contributed by atoms with Gasteiger partial charge in [-0.1, -0.05) is 12.1 Å². The molecule has 1 aliphatic rings. The predicted octanol–water partition coefficient (Wildman–Crippen LogP) is 0.277. The lowest BCUT2D eigenvalue weighted by molar-refractivity contribution is -0.121. The van der Waals surface area contributed by atoms with Crippen molar-refractivity contribution in [2.75, 3.05) is 37.8 Å². The molecule has 1 saturated heterocycles. The highest BCUT2D eigenvalue weighted by atomic mass is 32.2. The number of hydrogen-bond donors (Lipinski definition) is 1. The molecule has 1 aliphatic heterocycles. The molecule has 0 bridgehead atoms. The molecule has 1 N–H and O–H groups in total. The van der Waals surface area contributed by atoms with Crippen molar-refractivity contribution in [2.24, 2.45) is 0 Å². The van der Waals surface area contributed by atoms with E-state index in [0.717, 1.165) is 0 Å². The fourth-order valence-corrected chi connectivity index (χ4v) is 3.42. The summed E-state index contributed by atoms with van der Waals surface area (Å²) in [6, 6.07) is 1.35. The lowest BCUT2D eigenvalue weighted by Gasteiger charge is -2.37. The van der Waals surface area contributed by atoms with Gasteiger partial charge in [0.1, 0.15) is 5.76 Å². The molecule has 1 atom stereocenters. The molecule has 1 amide bonds. The Kier molecular flexibility index (Phi) is 5.20. The quantitative estimate of drug-likeness (QED) is 0.833. The van der Waals surface area contributed by atoms with Gasteiger partial charge in [-0.3, -0.25) is 9.69 Å². The van der Waals surface area contributed by atoms with Crippen molar-refractivity contribution in [3.05, 3.63) is 11.8 Å². The summed E-state index contributed by atoms with van der Waals surface area (Å²) in [5.41, 5.74) is 0. The minimum absolute atomic E-state index is 0.149. The SMILES string of the molecule is CCC(C(=O)Nc1cc(C)on1)N1CCN(S(C)(=O)=O)CC1. The van der Waals surface area contributed by atoms with Crippen molar-refractivity contribution in [1.29, 1.82) is 0 Å². The number of nitrogens with zero attached hydrogens (tertiary/aromatic N) is 3. The molecule has 124 valence electrons. The molecule has 0 radical (unpaired) electrons. The van der Waals surface area contributed by atoms with Crippen molar-refractivity contribution in [1.82, 2.24) is 14.4 Å². The fourth-order valence-electron chi connectivity index (χ4n) is 2.59. The van der Waals surface area contributed by atoms with Crippen LogP contribution in [0.4, 0.5) is 5.82 Å². The first kappa shape index (κ1) is 16.9. The van der Waals surface area contributed by atoms with Crippen molar-refractivity contribution < 1.29 is 17.7 Å². The van der Waals surface area contributed by atoms with Crippen LogP contribution in [-0.2, 0) is 14.8 Å². The van der Waals surface area contributed by atoms with E-state index in [1.165, 1.54) is 10.6 Å². The first-order chi connectivity index (χ1) is 10.3. The van der Waals surface area contributed by atoms with Crippen molar-refractivity contribution in [3.8, 4) is 0 Å². The number of carbonyl (C=O) groups is 1. The van der Waals surface area contributed by atoms with E-state index in [1.54, 1.807) is 13.0 Å². The van der Waals surface area contributed by atoms with Gasteiger partial charge in [0.15, 0.2) is 5.82 Å². The number of aryl methyl sites for hydroxylation is 1. The third-order valence-electron chi connectivity index (χ3n) is 3.75. The van der Waals surface area contributed by atoms with E-state index in [9.17, 15) is 13.2 Å². The van der Waals surface area contributed by atoms with E-state index >= 15 is 0 Å². The maximum absolute atomic E-state index is 12.4. The van der Waals surface area contributed by atoms with Gasteiger partial charge >= 0.3 is 0 Å². The normalized spacial score (nSPS) is 19.0. The Morgan fingerprint density at radius 2 is 2.05 bits per heavy atom. The monoisotopic (exact) mass is 330 g/mol. The first-order valence-electron chi connectivity index (χ1n) is 7.24. The third-order valence-corrected chi connectivity index (χ3v) is 5.05. The number of rotatable bonds is 5. The Morgan fingerprint density at radius 1 is 1.41 bits per heavy atom. The number of nitrogens with one attached hydrogen (secondary N) is 1. The zero-order chi connectivity index (χ0) is 16.3. The average Bonchev–Trinajstić information content (AvgIpc) is 2.84. The van der Waals surface area contributed by atoms with Crippen molar-refractivity contribution in [3.63, 3.8) is 0 Å². The van der Waals surface area contributed by atoms with Crippen LogP contribution in [0.15, 0.2) is 10.6 Å². The number of hydrogen-bond acceptors (Lipinski definition) is 6. The van der Waals surface area contributed by atoms with E-state index < -0.39 is 10.0 Å². The lowest BCUT2D eigenvalue weighted by Crippen LogP contribution is -2.54. The molecule has 2 rings (SSSR count). The molecule has 0 aliphatic carbocycles. The summed E-state index contributed by atoms with van der Waals surface area (Å²) < 4.78 is 29.4. The molecule has 0 spiro atoms. The molecular weight excluding hydrogens is 308 g/mol. The van der Waals surface area contributed by atoms with Gasteiger partial charge in [-0.2, -0.15) is 4.31 Å². The van der Waals surface area contributed by atoms with Crippen molar-refractivity contribution >= 4 is 21.7 Å². The van der Waals surface area contributed by atoms with Gasteiger partial charge < -0.3 is 9.84 Å². The molecule has 0 aromatic carbocycles. The van der Waals surface area contributed by atoms with E-state index in [0.29, 0.717) is 44.2 Å². The summed E-state index contributed by atoms with van der Waals surface area (Å²) in [5, 5.41) is 6.48. The molecule has 22 heavy (non-hydrogen) atoms. The first-order valence-corrected chi connectivity index (χ1v) is 9.09. The number of amides is 1. The predicted molar refractivity (Wildman–Crippen MR) is 81.9 cm³/mol. The molecule has 8 nitrogen and oxygen atoms in total. The van der Waals surface area contributed by atoms with Crippen LogP contribution in [0, 0.1) is 6.92 Å². The van der Waals surface area contributed by atoms with Gasteiger partial charge in [-0.25, -0.2) is 8.42 Å². The van der Waals surface area contributed by atoms with Gasteiger partial charge in [-0.15, -0.1) is 0 Å².